The van der Waals surface area contributed by atoms with Crippen LogP contribution in [0.2, 0.25) is 0 Å². The lowest BCUT2D eigenvalue weighted by atomic mass is 10.0. The van der Waals surface area contributed by atoms with Crippen LogP contribution in [0, 0.1) is 0 Å². The highest BCUT2D eigenvalue weighted by Crippen LogP contribution is 2.27. The van der Waals surface area contributed by atoms with Gasteiger partial charge >= 0.3 is 6.61 Å². The number of halogens is 2. The van der Waals surface area contributed by atoms with E-state index in [9.17, 15) is 8.78 Å². The summed E-state index contributed by atoms with van der Waals surface area (Å²) in [6.07, 6.45) is 2.92. The smallest absolute Gasteiger partial charge is 0.387 e. The fourth-order valence-electron chi connectivity index (χ4n) is 2.15. The molecule has 0 aliphatic rings. The van der Waals surface area contributed by atoms with Crippen LogP contribution in [0.15, 0.2) is 36.7 Å². The van der Waals surface area contributed by atoms with E-state index in [1.54, 1.807) is 6.20 Å². The summed E-state index contributed by atoms with van der Waals surface area (Å²) >= 11 is 1.17. The zero-order valence-electron chi connectivity index (χ0n) is 13.5. The number of nitrogens with one attached hydrogen (secondary N) is 1. The van der Waals surface area contributed by atoms with E-state index < -0.39 is 6.61 Å². The fourth-order valence-corrected chi connectivity index (χ4v) is 2.73. The van der Waals surface area contributed by atoms with Gasteiger partial charge < -0.3 is 10.1 Å². The number of rotatable bonds is 6. The molecule has 0 radical (unpaired) electrons. The van der Waals surface area contributed by atoms with Crippen LogP contribution >= 0.6 is 11.5 Å². The van der Waals surface area contributed by atoms with E-state index in [0.717, 1.165) is 11.4 Å². The van der Waals surface area contributed by atoms with Crippen molar-refractivity contribution in [2.75, 3.05) is 5.32 Å². The molecule has 0 aromatic carbocycles. The Morgan fingerprint density at radius 3 is 2.68 bits per heavy atom. The van der Waals surface area contributed by atoms with E-state index >= 15 is 0 Å². The lowest BCUT2D eigenvalue weighted by molar-refractivity contribution is -0.0500. The van der Waals surface area contributed by atoms with Gasteiger partial charge in [0, 0.05) is 17.7 Å². The van der Waals surface area contributed by atoms with Crippen molar-refractivity contribution >= 4 is 22.5 Å². The summed E-state index contributed by atoms with van der Waals surface area (Å²) in [5.74, 6) is 1.43. The van der Waals surface area contributed by atoms with Crippen molar-refractivity contribution in [3.63, 3.8) is 0 Å². The minimum Gasteiger partial charge on any atom is -0.433 e. The van der Waals surface area contributed by atoms with Crippen molar-refractivity contribution in [1.82, 2.24) is 19.3 Å². The molecule has 130 valence electrons. The number of alkyl halides is 2. The Morgan fingerprint density at radius 1 is 1.16 bits per heavy atom. The van der Waals surface area contributed by atoms with Gasteiger partial charge in [0.05, 0.1) is 6.20 Å². The second kappa shape index (κ2) is 7.47. The van der Waals surface area contributed by atoms with Crippen LogP contribution in [0.5, 0.6) is 5.75 Å². The highest BCUT2D eigenvalue weighted by atomic mass is 32.1. The van der Waals surface area contributed by atoms with Gasteiger partial charge in [-0.1, -0.05) is 19.9 Å². The van der Waals surface area contributed by atoms with Crippen LogP contribution in [-0.2, 0) is 0 Å². The molecule has 3 rings (SSSR count). The van der Waals surface area contributed by atoms with E-state index in [-0.39, 0.29) is 5.75 Å². The van der Waals surface area contributed by atoms with Crippen LogP contribution in [0.4, 0.5) is 19.7 Å². The van der Waals surface area contributed by atoms with Crippen molar-refractivity contribution in [2.45, 2.75) is 26.4 Å². The quantitative estimate of drug-likeness (QED) is 0.697. The first kappa shape index (κ1) is 17.2. The number of hydrogen-bond donors (Lipinski definition) is 1. The van der Waals surface area contributed by atoms with Crippen LogP contribution in [0.3, 0.4) is 0 Å². The SMILES string of the molecule is CC(C)c1cccnc1Nc1nc(-c2ccc(OC(F)F)cn2)ns1. The summed E-state index contributed by atoms with van der Waals surface area (Å²) in [5, 5.41) is 3.74. The highest BCUT2D eigenvalue weighted by Gasteiger charge is 2.12. The normalized spacial score (nSPS) is 11.1. The van der Waals surface area contributed by atoms with Gasteiger partial charge in [-0.25, -0.2) is 9.97 Å². The molecule has 0 unspecified atom stereocenters. The first-order valence-electron chi connectivity index (χ1n) is 7.50. The standard InChI is InChI=1S/C16H15F2N5OS/c1-9(2)11-4-3-7-19-13(11)21-16-22-14(23-25-16)12-6-5-10(8-20-12)24-15(17)18/h3-9,15H,1-2H3,(H,19,21,22,23). The van der Waals surface area contributed by atoms with E-state index in [1.165, 1.54) is 29.9 Å². The third kappa shape index (κ3) is 4.24. The Labute approximate surface area is 147 Å². The van der Waals surface area contributed by atoms with Crippen LogP contribution in [0.1, 0.15) is 25.3 Å². The van der Waals surface area contributed by atoms with E-state index in [2.05, 4.69) is 43.2 Å². The molecule has 3 heterocycles. The number of ether oxygens (including phenoxy) is 1. The molecule has 1 N–H and O–H groups in total. The molecule has 0 aliphatic heterocycles. The van der Waals surface area contributed by atoms with E-state index in [0.29, 0.717) is 22.6 Å². The summed E-state index contributed by atoms with van der Waals surface area (Å²) in [6.45, 7) is 1.29. The molecular weight excluding hydrogens is 348 g/mol. The van der Waals surface area contributed by atoms with Crippen LogP contribution < -0.4 is 10.1 Å². The van der Waals surface area contributed by atoms with Crippen molar-refractivity contribution < 1.29 is 13.5 Å². The third-order valence-electron chi connectivity index (χ3n) is 3.30. The first-order valence-corrected chi connectivity index (χ1v) is 8.27. The molecule has 0 saturated carbocycles. The Balaban J connectivity index is 1.77. The summed E-state index contributed by atoms with van der Waals surface area (Å²) in [7, 11) is 0. The largest absolute Gasteiger partial charge is 0.433 e. The molecule has 0 aliphatic carbocycles. The van der Waals surface area contributed by atoms with Gasteiger partial charge in [0.1, 0.15) is 17.3 Å². The van der Waals surface area contributed by atoms with Crippen molar-refractivity contribution in [3.8, 4) is 17.3 Å². The lowest BCUT2D eigenvalue weighted by Crippen LogP contribution is -2.02. The predicted molar refractivity (Wildman–Crippen MR) is 91.4 cm³/mol. The Morgan fingerprint density at radius 2 is 2.00 bits per heavy atom. The predicted octanol–water partition coefficient (Wildman–Crippen LogP) is 4.46. The molecular formula is C16H15F2N5OS. The number of anilines is 2. The van der Waals surface area contributed by atoms with Gasteiger partial charge in [-0.05, 0) is 29.7 Å². The topological polar surface area (TPSA) is 72.8 Å². The van der Waals surface area contributed by atoms with E-state index in [4.69, 9.17) is 0 Å². The van der Waals surface area contributed by atoms with E-state index in [1.807, 2.05) is 12.1 Å². The average Bonchev–Trinajstić information content (AvgIpc) is 3.04. The van der Waals surface area contributed by atoms with Crippen molar-refractivity contribution in [3.05, 3.63) is 42.2 Å². The van der Waals surface area contributed by atoms with Gasteiger partial charge in [0.2, 0.25) is 5.13 Å². The number of hydrogen-bond acceptors (Lipinski definition) is 7. The first-order chi connectivity index (χ1) is 12.0. The van der Waals surface area contributed by atoms with Gasteiger partial charge in [-0.2, -0.15) is 18.1 Å². The summed E-state index contributed by atoms with van der Waals surface area (Å²) in [4.78, 5) is 12.8. The molecule has 0 spiro atoms. The van der Waals surface area contributed by atoms with Crippen LogP contribution in [0.25, 0.3) is 11.5 Å². The lowest BCUT2D eigenvalue weighted by Gasteiger charge is -2.10. The number of aromatic nitrogens is 4. The molecule has 9 heteroatoms. The molecule has 0 bridgehead atoms. The number of pyridine rings is 2. The van der Waals surface area contributed by atoms with Gasteiger partial charge in [-0.15, -0.1) is 0 Å². The molecule has 0 fully saturated rings. The maximum atomic E-state index is 12.2. The van der Waals surface area contributed by atoms with Gasteiger partial charge in [0.15, 0.2) is 5.82 Å². The zero-order valence-corrected chi connectivity index (χ0v) is 14.3. The molecule has 0 saturated heterocycles. The Kier molecular flexibility index (Phi) is 5.13. The third-order valence-corrected chi connectivity index (χ3v) is 3.93. The molecule has 25 heavy (non-hydrogen) atoms. The van der Waals surface area contributed by atoms with Crippen LogP contribution in [-0.4, -0.2) is 25.9 Å². The summed E-state index contributed by atoms with van der Waals surface area (Å²) in [5.41, 5.74) is 1.54. The van der Waals surface area contributed by atoms with Crippen molar-refractivity contribution in [1.29, 1.82) is 0 Å². The highest BCUT2D eigenvalue weighted by molar-refractivity contribution is 7.09. The summed E-state index contributed by atoms with van der Waals surface area (Å²) in [6, 6.07) is 6.83. The zero-order chi connectivity index (χ0) is 17.8. The maximum absolute atomic E-state index is 12.2. The molecule has 3 aromatic rings. The molecule has 3 aromatic heterocycles. The van der Waals surface area contributed by atoms with Gasteiger partial charge in [-0.3, -0.25) is 0 Å². The number of nitrogens with zero attached hydrogens (tertiary/aromatic N) is 4. The summed E-state index contributed by atoms with van der Waals surface area (Å²) < 4.78 is 32.8. The average molecular weight is 363 g/mol. The minimum atomic E-state index is -2.88. The molecule has 0 atom stereocenters. The second-order valence-electron chi connectivity index (χ2n) is 5.40. The monoisotopic (exact) mass is 363 g/mol. The molecule has 6 nitrogen and oxygen atoms in total. The van der Waals surface area contributed by atoms with Gasteiger partial charge in [0.25, 0.3) is 0 Å². The Hall–Kier alpha value is -2.68. The second-order valence-corrected chi connectivity index (χ2v) is 6.15. The molecule has 0 amide bonds. The Bertz CT molecular complexity index is 839. The fraction of sp³-hybridized carbons (Fsp3) is 0.250. The minimum absolute atomic E-state index is 0.0117. The van der Waals surface area contributed by atoms with Crippen molar-refractivity contribution in [2.24, 2.45) is 0 Å². The maximum Gasteiger partial charge on any atom is 0.387 e.